The minimum atomic E-state index is -1.12. The van der Waals surface area contributed by atoms with Gasteiger partial charge in [-0.2, -0.15) is 0 Å². The van der Waals surface area contributed by atoms with Gasteiger partial charge in [0, 0.05) is 6.04 Å². The molecular formula is C11H12N2O6. The molecule has 1 aliphatic rings. The zero-order valence-electron chi connectivity index (χ0n) is 10.1. The third-order valence-corrected chi connectivity index (χ3v) is 2.93. The third-order valence-electron chi connectivity index (χ3n) is 2.93. The minimum Gasteiger partial charge on any atom is -0.480 e. The maximum Gasteiger partial charge on any atom is 0.433 e. The van der Waals surface area contributed by atoms with Crippen molar-refractivity contribution in [3.05, 3.63) is 28.0 Å². The predicted octanol–water partition coefficient (Wildman–Crippen LogP) is 1.27. The molecule has 1 aromatic rings. The molecule has 0 aromatic carbocycles. The predicted molar refractivity (Wildman–Crippen MR) is 61.7 cm³/mol. The number of nitro groups is 1. The molecule has 8 heteroatoms. The Morgan fingerprint density at radius 3 is 2.58 bits per heavy atom. The summed E-state index contributed by atoms with van der Waals surface area (Å²) in [7, 11) is 0. The van der Waals surface area contributed by atoms with E-state index in [0.717, 1.165) is 18.9 Å². The van der Waals surface area contributed by atoms with E-state index < -0.39 is 28.7 Å². The molecule has 2 rings (SSSR count). The number of hydrogen-bond donors (Lipinski definition) is 1. The molecule has 1 unspecified atom stereocenters. The average molecular weight is 268 g/mol. The van der Waals surface area contributed by atoms with Gasteiger partial charge >= 0.3 is 11.9 Å². The van der Waals surface area contributed by atoms with Crippen molar-refractivity contribution in [3.8, 4) is 0 Å². The number of rotatable bonds is 5. The minimum absolute atomic E-state index is 0.136. The summed E-state index contributed by atoms with van der Waals surface area (Å²) in [5.74, 6) is -2.51. The highest BCUT2D eigenvalue weighted by Crippen LogP contribution is 2.31. The lowest BCUT2D eigenvalue weighted by Gasteiger charge is -2.25. The van der Waals surface area contributed by atoms with Crippen molar-refractivity contribution in [1.82, 2.24) is 4.90 Å². The van der Waals surface area contributed by atoms with Gasteiger partial charge in [0.15, 0.2) is 5.76 Å². The van der Waals surface area contributed by atoms with Crippen LogP contribution in [-0.4, -0.2) is 38.9 Å². The van der Waals surface area contributed by atoms with Crippen molar-refractivity contribution in [2.75, 3.05) is 0 Å². The molecule has 8 nitrogen and oxygen atoms in total. The van der Waals surface area contributed by atoms with E-state index in [-0.39, 0.29) is 11.8 Å². The van der Waals surface area contributed by atoms with Gasteiger partial charge in [0.1, 0.15) is 11.0 Å². The second-order valence-electron chi connectivity index (χ2n) is 4.35. The van der Waals surface area contributed by atoms with E-state index in [1.807, 2.05) is 0 Å². The first-order chi connectivity index (χ1) is 8.91. The number of carboxylic acid groups (broad SMARTS) is 1. The second kappa shape index (κ2) is 4.71. The van der Waals surface area contributed by atoms with Crippen LogP contribution in [0.4, 0.5) is 5.88 Å². The quantitative estimate of drug-likeness (QED) is 0.635. The number of aliphatic carboxylic acids is 1. The molecular weight excluding hydrogens is 256 g/mol. The number of carboxylic acids is 1. The van der Waals surface area contributed by atoms with Gasteiger partial charge in [-0.25, -0.2) is 4.79 Å². The zero-order valence-corrected chi connectivity index (χ0v) is 10.1. The van der Waals surface area contributed by atoms with Crippen LogP contribution in [0.3, 0.4) is 0 Å². The molecule has 1 fully saturated rings. The van der Waals surface area contributed by atoms with Gasteiger partial charge in [-0.1, -0.05) is 0 Å². The normalized spacial score (nSPS) is 15.8. The summed E-state index contributed by atoms with van der Waals surface area (Å²) >= 11 is 0. The molecule has 1 atom stereocenters. The van der Waals surface area contributed by atoms with Crippen LogP contribution in [0.2, 0.25) is 0 Å². The van der Waals surface area contributed by atoms with E-state index in [1.54, 1.807) is 0 Å². The van der Waals surface area contributed by atoms with Crippen LogP contribution in [0.5, 0.6) is 0 Å². The monoisotopic (exact) mass is 268 g/mol. The zero-order chi connectivity index (χ0) is 14.2. The molecule has 0 radical (unpaired) electrons. The lowest BCUT2D eigenvalue weighted by Crippen LogP contribution is -2.44. The highest BCUT2D eigenvalue weighted by atomic mass is 16.6. The van der Waals surface area contributed by atoms with E-state index >= 15 is 0 Å². The highest BCUT2D eigenvalue weighted by molar-refractivity contribution is 5.95. The van der Waals surface area contributed by atoms with Crippen LogP contribution in [-0.2, 0) is 4.79 Å². The number of amides is 1. The average Bonchev–Trinajstić information content (AvgIpc) is 3.04. The molecule has 0 spiro atoms. The highest BCUT2D eigenvalue weighted by Gasteiger charge is 2.40. The number of nitrogens with zero attached hydrogens (tertiary/aromatic N) is 2. The number of hydrogen-bond acceptors (Lipinski definition) is 5. The Balaban J connectivity index is 2.23. The van der Waals surface area contributed by atoms with Gasteiger partial charge in [-0.05, 0) is 25.8 Å². The lowest BCUT2D eigenvalue weighted by molar-refractivity contribution is -0.402. The van der Waals surface area contributed by atoms with E-state index in [2.05, 4.69) is 0 Å². The van der Waals surface area contributed by atoms with Crippen LogP contribution >= 0.6 is 0 Å². The van der Waals surface area contributed by atoms with Crippen molar-refractivity contribution in [2.24, 2.45) is 0 Å². The molecule has 0 aliphatic heterocycles. The fourth-order valence-corrected chi connectivity index (χ4v) is 1.80. The fraction of sp³-hybridized carbons (Fsp3) is 0.455. The van der Waals surface area contributed by atoms with Crippen LogP contribution in [0.25, 0.3) is 0 Å². The topological polar surface area (TPSA) is 114 Å². The summed E-state index contributed by atoms with van der Waals surface area (Å²) in [5.41, 5.74) is 0. The Hall–Kier alpha value is -2.38. The molecule has 1 saturated carbocycles. The van der Waals surface area contributed by atoms with Gasteiger partial charge in [-0.3, -0.25) is 14.9 Å². The van der Waals surface area contributed by atoms with E-state index in [9.17, 15) is 19.7 Å². The largest absolute Gasteiger partial charge is 0.480 e. The summed E-state index contributed by atoms with van der Waals surface area (Å²) in [4.78, 5) is 34.1. The van der Waals surface area contributed by atoms with Crippen LogP contribution in [0, 0.1) is 10.1 Å². The molecule has 1 aliphatic carbocycles. The summed E-state index contributed by atoms with van der Waals surface area (Å²) in [6, 6.07) is 1.13. The standard InChI is InChI=1S/C11H12N2O6/c1-6(11(15)16)12(7-2-3-7)10(14)8-4-5-9(19-8)13(17)18/h4-7H,2-3H2,1H3,(H,15,16). The first-order valence-electron chi connectivity index (χ1n) is 5.71. The Labute approximate surface area is 107 Å². The van der Waals surface area contributed by atoms with Gasteiger partial charge < -0.3 is 14.4 Å². The van der Waals surface area contributed by atoms with Crippen LogP contribution < -0.4 is 0 Å². The first kappa shape index (κ1) is 13.1. The van der Waals surface area contributed by atoms with Crippen molar-refractivity contribution >= 4 is 17.8 Å². The van der Waals surface area contributed by atoms with Gasteiger partial charge in [0.05, 0.1) is 6.07 Å². The number of carbonyl (C=O) groups excluding carboxylic acids is 1. The second-order valence-corrected chi connectivity index (χ2v) is 4.35. The maximum absolute atomic E-state index is 12.2. The Bertz CT molecular complexity index is 533. The summed E-state index contributed by atoms with van der Waals surface area (Å²) < 4.78 is 4.81. The molecule has 1 amide bonds. The fourth-order valence-electron chi connectivity index (χ4n) is 1.80. The van der Waals surface area contributed by atoms with Crippen molar-refractivity contribution < 1.29 is 24.0 Å². The van der Waals surface area contributed by atoms with E-state index in [4.69, 9.17) is 9.52 Å². The van der Waals surface area contributed by atoms with Gasteiger partial charge in [0.2, 0.25) is 0 Å². The Morgan fingerprint density at radius 2 is 2.16 bits per heavy atom. The van der Waals surface area contributed by atoms with Crippen LogP contribution in [0.15, 0.2) is 16.5 Å². The first-order valence-corrected chi connectivity index (χ1v) is 5.71. The summed E-state index contributed by atoms with van der Waals surface area (Å²) in [6.45, 7) is 1.40. The molecule has 0 bridgehead atoms. The SMILES string of the molecule is CC(C(=O)O)N(C(=O)c1ccc([N+](=O)[O-])o1)C1CC1. The number of carbonyl (C=O) groups is 2. The van der Waals surface area contributed by atoms with Crippen molar-refractivity contribution in [3.63, 3.8) is 0 Å². The summed E-state index contributed by atoms with van der Waals surface area (Å²) in [5, 5.41) is 19.5. The van der Waals surface area contributed by atoms with Crippen LogP contribution in [0.1, 0.15) is 30.3 Å². The van der Waals surface area contributed by atoms with E-state index in [1.165, 1.54) is 17.9 Å². The Kier molecular flexibility index (Phi) is 3.24. The molecule has 102 valence electrons. The third kappa shape index (κ3) is 2.56. The molecule has 0 saturated heterocycles. The van der Waals surface area contributed by atoms with Crippen molar-refractivity contribution in [1.29, 1.82) is 0 Å². The Morgan fingerprint density at radius 1 is 1.53 bits per heavy atom. The number of furan rings is 1. The molecule has 1 N–H and O–H groups in total. The molecule has 1 heterocycles. The summed E-state index contributed by atoms with van der Waals surface area (Å²) in [6.07, 6.45) is 1.46. The molecule has 19 heavy (non-hydrogen) atoms. The smallest absolute Gasteiger partial charge is 0.433 e. The van der Waals surface area contributed by atoms with Gasteiger partial charge in [-0.15, -0.1) is 0 Å². The lowest BCUT2D eigenvalue weighted by atomic mass is 10.2. The molecule has 1 aromatic heterocycles. The van der Waals surface area contributed by atoms with Crippen molar-refractivity contribution in [2.45, 2.75) is 31.8 Å². The van der Waals surface area contributed by atoms with E-state index in [0.29, 0.717) is 0 Å². The maximum atomic E-state index is 12.2. The van der Waals surface area contributed by atoms with Gasteiger partial charge in [0.25, 0.3) is 5.91 Å².